The van der Waals surface area contributed by atoms with Gasteiger partial charge in [-0.2, -0.15) is 5.10 Å². The van der Waals surface area contributed by atoms with Crippen LogP contribution in [0.4, 0.5) is 0 Å². The molecule has 3 rings (SSSR count). The summed E-state index contributed by atoms with van der Waals surface area (Å²) in [5.41, 5.74) is 6.35. The molecule has 0 aromatic heterocycles. The number of hydrazone groups is 1. The molecule has 5 heteroatoms. The fraction of sp³-hybridized carbons (Fsp3) is 0.278. The smallest absolute Gasteiger partial charge is 0.203 e. The second kappa shape index (κ2) is 6.60. The van der Waals surface area contributed by atoms with Gasteiger partial charge in [-0.25, -0.2) is 0 Å². The molecule has 0 saturated carbocycles. The second-order valence-electron chi connectivity index (χ2n) is 5.27. The van der Waals surface area contributed by atoms with Crippen molar-refractivity contribution in [1.29, 1.82) is 0 Å². The van der Waals surface area contributed by atoms with Gasteiger partial charge in [-0.1, -0.05) is 30.3 Å². The minimum absolute atomic E-state index is 0.185. The van der Waals surface area contributed by atoms with Gasteiger partial charge in [0.25, 0.3) is 0 Å². The van der Waals surface area contributed by atoms with E-state index in [4.69, 9.17) is 14.2 Å². The molecule has 0 fully saturated rings. The van der Waals surface area contributed by atoms with Gasteiger partial charge in [0.1, 0.15) is 0 Å². The first-order valence-electron chi connectivity index (χ1n) is 7.44. The van der Waals surface area contributed by atoms with E-state index in [0.29, 0.717) is 17.2 Å². The molecule has 0 saturated heterocycles. The van der Waals surface area contributed by atoms with E-state index in [1.807, 2.05) is 30.3 Å². The Morgan fingerprint density at radius 3 is 2.17 bits per heavy atom. The summed E-state index contributed by atoms with van der Waals surface area (Å²) in [4.78, 5) is 0. The maximum absolute atomic E-state index is 5.41. The quantitative estimate of drug-likeness (QED) is 0.921. The Labute approximate surface area is 135 Å². The van der Waals surface area contributed by atoms with Gasteiger partial charge in [-0.05, 0) is 17.7 Å². The first-order chi connectivity index (χ1) is 11.3. The summed E-state index contributed by atoms with van der Waals surface area (Å²) in [7, 11) is 4.82. The number of hydrogen-bond acceptors (Lipinski definition) is 5. The van der Waals surface area contributed by atoms with E-state index in [0.717, 1.165) is 17.7 Å². The van der Waals surface area contributed by atoms with E-state index in [9.17, 15) is 0 Å². The third-order valence-electron chi connectivity index (χ3n) is 3.95. The van der Waals surface area contributed by atoms with Crippen LogP contribution in [0.25, 0.3) is 0 Å². The molecule has 23 heavy (non-hydrogen) atoms. The zero-order chi connectivity index (χ0) is 16.2. The standard InChI is InChI=1S/C18H20N2O3/c1-21-16-9-13(10-17(22-2)18(16)23-3)15-11-14(19-20-15)12-7-5-4-6-8-12/h4-10,14,19H,11H2,1-3H3/t14-/m1/s1. The van der Waals surface area contributed by atoms with Crippen LogP contribution in [0.1, 0.15) is 23.6 Å². The van der Waals surface area contributed by atoms with Gasteiger partial charge in [0, 0.05) is 12.0 Å². The van der Waals surface area contributed by atoms with E-state index in [1.54, 1.807) is 21.3 Å². The van der Waals surface area contributed by atoms with E-state index < -0.39 is 0 Å². The summed E-state index contributed by atoms with van der Waals surface area (Å²) in [6.07, 6.45) is 0.808. The molecule has 1 heterocycles. The number of nitrogens with zero attached hydrogens (tertiary/aromatic N) is 1. The predicted octanol–water partition coefficient (Wildman–Crippen LogP) is 3.15. The van der Waals surface area contributed by atoms with E-state index in [-0.39, 0.29) is 6.04 Å². The Balaban J connectivity index is 1.88. The van der Waals surface area contributed by atoms with Crippen molar-refractivity contribution < 1.29 is 14.2 Å². The Hall–Kier alpha value is -2.69. The summed E-state index contributed by atoms with van der Waals surface area (Å²) >= 11 is 0. The van der Waals surface area contributed by atoms with Crippen molar-refractivity contribution in [2.75, 3.05) is 21.3 Å². The van der Waals surface area contributed by atoms with E-state index >= 15 is 0 Å². The molecule has 1 N–H and O–H groups in total. The van der Waals surface area contributed by atoms with Crippen LogP contribution in [0.2, 0.25) is 0 Å². The highest BCUT2D eigenvalue weighted by atomic mass is 16.5. The molecule has 1 aliphatic heterocycles. The third-order valence-corrected chi connectivity index (χ3v) is 3.95. The highest BCUT2D eigenvalue weighted by molar-refractivity contribution is 6.02. The predicted molar refractivity (Wildman–Crippen MR) is 89.6 cm³/mol. The highest BCUT2D eigenvalue weighted by Crippen LogP contribution is 2.39. The van der Waals surface area contributed by atoms with Crippen LogP contribution in [0, 0.1) is 0 Å². The van der Waals surface area contributed by atoms with Gasteiger partial charge in [-0.3, -0.25) is 0 Å². The maximum atomic E-state index is 5.41. The topological polar surface area (TPSA) is 52.1 Å². The molecule has 0 spiro atoms. The average molecular weight is 312 g/mol. The summed E-state index contributed by atoms with van der Waals surface area (Å²) in [6.45, 7) is 0. The van der Waals surface area contributed by atoms with Crippen LogP contribution >= 0.6 is 0 Å². The van der Waals surface area contributed by atoms with Crippen LogP contribution < -0.4 is 19.6 Å². The summed E-state index contributed by atoms with van der Waals surface area (Å²) in [5, 5.41) is 4.48. The molecule has 120 valence electrons. The SMILES string of the molecule is COc1cc(C2=NN[C@@H](c3ccccc3)C2)cc(OC)c1OC. The lowest BCUT2D eigenvalue weighted by molar-refractivity contribution is 0.324. The maximum Gasteiger partial charge on any atom is 0.203 e. The summed E-state index contributed by atoms with van der Waals surface area (Å²) in [5.74, 6) is 1.85. The van der Waals surface area contributed by atoms with Crippen molar-refractivity contribution in [2.24, 2.45) is 5.10 Å². The van der Waals surface area contributed by atoms with Crippen LogP contribution in [-0.2, 0) is 0 Å². The number of benzene rings is 2. The van der Waals surface area contributed by atoms with Crippen molar-refractivity contribution >= 4 is 5.71 Å². The van der Waals surface area contributed by atoms with Crippen molar-refractivity contribution in [3.63, 3.8) is 0 Å². The summed E-state index contributed by atoms with van der Waals surface area (Å²) in [6, 6.07) is 14.3. The van der Waals surface area contributed by atoms with Crippen LogP contribution in [0.5, 0.6) is 17.2 Å². The molecule has 1 aliphatic rings. The van der Waals surface area contributed by atoms with Crippen molar-refractivity contribution in [3.8, 4) is 17.2 Å². The fourth-order valence-corrected chi connectivity index (χ4v) is 2.75. The Bertz CT molecular complexity index is 688. The summed E-state index contributed by atoms with van der Waals surface area (Å²) < 4.78 is 16.2. The first kappa shape index (κ1) is 15.2. The molecule has 1 atom stereocenters. The number of ether oxygens (including phenoxy) is 3. The lowest BCUT2D eigenvalue weighted by atomic mass is 9.99. The largest absolute Gasteiger partial charge is 0.493 e. The lowest BCUT2D eigenvalue weighted by Gasteiger charge is -2.14. The second-order valence-corrected chi connectivity index (χ2v) is 5.27. The molecular formula is C18H20N2O3. The van der Waals surface area contributed by atoms with Crippen molar-refractivity contribution in [3.05, 3.63) is 53.6 Å². The monoisotopic (exact) mass is 312 g/mol. The zero-order valence-electron chi connectivity index (χ0n) is 13.5. The van der Waals surface area contributed by atoms with E-state index in [1.165, 1.54) is 5.56 Å². The molecule has 0 bridgehead atoms. The Morgan fingerprint density at radius 1 is 0.957 bits per heavy atom. The normalized spacial score (nSPS) is 16.5. The minimum atomic E-state index is 0.185. The van der Waals surface area contributed by atoms with Crippen molar-refractivity contribution in [2.45, 2.75) is 12.5 Å². The number of rotatable bonds is 5. The van der Waals surface area contributed by atoms with Gasteiger partial charge >= 0.3 is 0 Å². The fourth-order valence-electron chi connectivity index (χ4n) is 2.75. The molecular weight excluding hydrogens is 292 g/mol. The number of hydrogen-bond donors (Lipinski definition) is 1. The molecule has 0 unspecified atom stereocenters. The molecule has 5 nitrogen and oxygen atoms in total. The zero-order valence-corrected chi connectivity index (χ0v) is 13.5. The molecule has 0 aliphatic carbocycles. The van der Waals surface area contributed by atoms with Crippen LogP contribution in [0.15, 0.2) is 47.6 Å². The first-order valence-corrected chi connectivity index (χ1v) is 7.44. The highest BCUT2D eigenvalue weighted by Gasteiger charge is 2.23. The van der Waals surface area contributed by atoms with Gasteiger partial charge in [0.05, 0.1) is 33.1 Å². The Morgan fingerprint density at radius 2 is 1.61 bits per heavy atom. The van der Waals surface area contributed by atoms with Crippen LogP contribution in [0.3, 0.4) is 0 Å². The van der Waals surface area contributed by atoms with Crippen LogP contribution in [-0.4, -0.2) is 27.0 Å². The third kappa shape index (κ3) is 2.95. The molecule has 0 amide bonds. The number of nitrogens with one attached hydrogen (secondary N) is 1. The van der Waals surface area contributed by atoms with Gasteiger partial charge < -0.3 is 19.6 Å². The number of methoxy groups -OCH3 is 3. The average Bonchev–Trinajstić information content (AvgIpc) is 3.11. The van der Waals surface area contributed by atoms with Gasteiger partial charge in [0.2, 0.25) is 5.75 Å². The molecule has 2 aromatic carbocycles. The minimum Gasteiger partial charge on any atom is -0.493 e. The van der Waals surface area contributed by atoms with E-state index in [2.05, 4.69) is 22.7 Å². The molecule has 0 radical (unpaired) electrons. The van der Waals surface area contributed by atoms with Crippen molar-refractivity contribution in [1.82, 2.24) is 5.43 Å². The lowest BCUT2D eigenvalue weighted by Crippen LogP contribution is -2.09. The van der Waals surface area contributed by atoms with Gasteiger partial charge in [0.15, 0.2) is 11.5 Å². The molecule has 2 aromatic rings. The van der Waals surface area contributed by atoms with Gasteiger partial charge in [-0.15, -0.1) is 0 Å². The Kier molecular flexibility index (Phi) is 4.37.